The van der Waals surface area contributed by atoms with E-state index in [1.165, 1.54) is 12.8 Å². The average molecular weight is 129 g/mol. The molecule has 0 N–H and O–H groups in total. The van der Waals surface area contributed by atoms with Crippen molar-refractivity contribution in [1.82, 2.24) is 4.90 Å². The van der Waals surface area contributed by atoms with Gasteiger partial charge >= 0.3 is 0 Å². The van der Waals surface area contributed by atoms with Crippen molar-refractivity contribution >= 4 is 0 Å². The van der Waals surface area contributed by atoms with Gasteiger partial charge in [-0.15, -0.1) is 0 Å². The number of epoxide rings is 1. The predicted molar refractivity (Wildman–Crippen MR) is 37.3 cm³/mol. The highest BCUT2D eigenvalue weighted by atomic mass is 16.6. The Labute approximate surface area is 56.8 Å². The zero-order chi connectivity index (χ0) is 6.85. The van der Waals surface area contributed by atoms with Crippen LogP contribution in [0, 0.1) is 0 Å². The fourth-order valence-corrected chi connectivity index (χ4v) is 1.08. The maximum Gasteiger partial charge on any atom is 0.137 e. The first-order valence-corrected chi connectivity index (χ1v) is 3.57. The van der Waals surface area contributed by atoms with E-state index in [4.69, 9.17) is 4.74 Å². The summed E-state index contributed by atoms with van der Waals surface area (Å²) in [5.41, 5.74) is 0. The molecule has 0 aliphatic carbocycles. The van der Waals surface area contributed by atoms with Crippen molar-refractivity contribution in [2.45, 2.75) is 32.1 Å². The van der Waals surface area contributed by atoms with Crippen LogP contribution in [-0.2, 0) is 4.74 Å². The van der Waals surface area contributed by atoms with Gasteiger partial charge in [0.15, 0.2) is 0 Å². The summed E-state index contributed by atoms with van der Waals surface area (Å²) in [4.78, 5) is 2.13. The molecule has 1 fully saturated rings. The quantitative estimate of drug-likeness (QED) is 0.530. The van der Waals surface area contributed by atoms with Crippen molar-refractivity contribution in [3.63, 3.8) is 0 Å². The summed E-state index contributed by atoms with van der Waals surface area (Å²) in [6.07, 6.45) is 3.40. The number of rotatable bonds is 3. The van der Waals surface area contributed by atoms with E-state index in [0.29, 0.717) is 12.3 Å². The van der Waals surface area contributed by atoms with Crippen LogP contribution in [0.1, 0.15) is 19.8 Å². The number of nitrogens with zero attached hydrogens (tertiary/aromatic N) is 1. The molecule has 1 heterocycles. The van der Waals surface area contributed by atoms with Gasteiger partial charge in [0.2, 0.25) is 0 Å². The SMILES string of the molecule is CCCC1OC1N(C)C. The zero-order valence-corrected chi connectivity index (χ0v) is 6.42. The monoisotopic (exact) mass is 129 g/mol. The van der Waals surface area contributed by atoms with Crippen molar-refractivity contribution < 1.29 is 4.74 Å². The lowest BCUT2D eigenvalue weighted by atomic mass is 10.2. The number of hydrogen-bond acceptors (Lipinski definition) is 2. The van der Waals surface area contributed by atoms with Crippen molar-refractivity contribution in [1.29, 1.82) is 0 Å². The number of hydrogen-bond donors (Lipinski definition) is 0. The van der Waals surface area contributed by atoms with Crippen molar-refractivity contribution in [3.05, 3.63) is 0 Å². The van der Waals surface area contributed by atoms with Gasteiger partial charge in [-0.1, -0.05) is 13.3 Å². The largest absolute Gasteiger partial charge is 0.353 e. The van der Waals surface area contributed by atoms with E-state index in [0.717, 1.165) is 0 Å². The van der Waals surface area contributed by atoms with E-state index < -0.39 is 0 Å². The van der Waals surface area contributed by atoms with Crippen LogP contribution >= 0.6 is 0 Å². The third-order valence-electron chi connectivity index (χ3n) is 1.64. The maximum absolute atomic E-state index is 5.34. The van der Waals surface area contributed by atoms with Gasteiger partial charge in [-0.2, -0.15) is 0 Å². The van der Waals surface area contributed by atoms with Crippen LogP contribution in [0.5, 0.6) is 0 Å². The smallest absolute Gasteiger partial charge is 0.137 e. The van der Waals surface area contributed by atoms with Gasteiger partial charge in [-0.25, -0.2) is 0 Å². The van der Waals surface area contributed by atoms with Gasteiger partial charge in [0, 0.05) is 0 Å². The van der Waals surface area contributed by atoms with E-state index in [-0.39, 0.29) is 0 Å². The van der Waals surface area contributed by atoms with Crippen molar-refractivity contribution in [2.75, 3.05) is 14.1 Å². The fourth-order valence-electron chi connectivity index (χ4n) is 1.08. The fraction of sp³-hybridized carbons (Fsp3) is 1.00. The Morgan fingerprint density at radius 3 is 2.44 bits per heavy atom. The third-order valence-corrected chi connectivity index (χ3v) is 1.64. The molecule has 0 aromatic heterocycles. The predicted octanol–water partition coefficient (Wildman–Crippen LogP) is 1.07. The van der Waals surface area contributed by atoms with Gasteiger partial charge < -0.3 is 4.74 Å². The molecule has 0 saturated carbocycles. The lowest BCUT2D eigenvalue weighted by Crippen LogP contribution is -2.17. The van der Waals surface area contributed by atoms with Crippen LogP contribution in [0.2, 0.25) is 0 Å². The summed E-state index contributed by atoms with van der Waals surface area (Å²) < 4.78 is 5.34. The molecule has 2 atom stereocenters. The molecule has 0 aromatic rings. The van der Waals surface area contributed by atoms with Gasteiger partial charge in [0.05, 0.1) is 6.10 Å². The average Bonchev–Trinajstić information content (AvgIpc) is 2.47. The van der Waals surface area contributed by atoms with Crippen LogP contribution in [0.4, 0.5) is 0 Å². The molecule has 1 saturated heterocycles. The second-order valence-electron chi connectivity index (χ2n) is 2.82. The van der Waals surface area contributed by atoms with Gasteiger partial charge in [0.1, 0.15) is 6.23 Å². The van der Waals surface area contributed by atoms with E-state index in [1.54, 1.807) is 0 Å². The summed E-state index contributed by atoms with van der Waals surface area (Å²) >= 11 is 0. The minimum absolute atomic E-state index is 0.421. The molecule has 9 heavy (non-hydrogen) atoms. The van der Waals surface area contributed by atoms with Gasteiger partial charge in [-0.3, -0.25) is 4.90 Å². The molecule has 0 spiro atoms. The first-order valence-electron chi connectivity index (χ1n) is 3.57. The second-order valence-corrected chi connectivity index (χ2v) is 2.82. The number of likely N-dealkylation sites (N-methyl/N-ethyl adjacent to an activating group) is 1. The summed E-state index contributed by atoms with van der Waals surface area (Å²) in [7, 11) is 4.11. The molecule has 1 aliphatic rings. The molecule has 0 radical (unpaired) electrons. The zero-order valence-electron chi connectivity index (χ0n) is 6.42. The minimum Gasteiger partial charge on any atom is -0.353 e. The molecule has 0 aromatic carbocycles. The molecule has 1 aliphatic heterocycles. The summed E-state index contributed by atoms with van der Waals surface area (Å²) in [6.45, 7) is 2.19. The molecule has 1 rings (SSSR count). The van der Waals surface area contributed by atoms with Crippen molar-refractivity contribution in [3.8, 4) is 0 Å². The molecule has 2 heteroatoms. The van der Waals surface area contributed by atoms with Crippen LogP contribution in [-0.4, -0.2) is 31.3 Å². The normalized spacial score (nSPS) is 33.3. The molecule has 54 valence electrons. The summed E-state index contributed by atoms with van der Waals surface area (Å²) in [5.74, 6) is 0. The Balaban J connectivity index is 2.09. The third kappa shape index (κ3) is 1.66. The first-order chi connectivity index (χ1) is 4.25. The molecule has 2 unspecified atom stereocenters. The highest BCUT2D eigenvalue weighted by Gasteiger charge is 2.39. The Bertz CT molecular complexity index is 92.9. The van der Waals surface area contributed by atoms with E-state index in [9.17, 15) is 0 Å². The lowest BCUT2D eigenvalue weighted by molar-refractivity contribution is 0.244. The molecule has 0 bridgehead atoms. The topological polar surface area (TPSA) is 15.8 Å². The molecule has 0 amide bonds. The highest BCUT2D eigenvalue weighted by Crippen LogP contribution is 2.27. The minimum atomic E-state index is 0.421. The maximum atomic E-state index is 5.34. The van der Waals surface area contributed by atoms with Crippen LogP contribution in [0.25, 0.3) is 0 Å². The van der Waals surface area contributed by atoms with Crippen molar-refractivity contribution in [2.24, 2.45) is 0 Å². The summed E-state index contributed by atoms with van der Waals surface area (Å²) in [6, 6.07) is 0. The summed E-state index contributed by atoms with van der Waals surface area (Å²) in [5, 5.41) is 0. The Morgan fingerprint density at radius 2 is 2.11 bits per heavy atom. The van der Waals surface area contributed by atoms with E-state index in [1.807, 2.05) is 0 Å². The van der Waals surface area contributed by atoms with Crippen LogP contribution < -0.4 is 0 Å². The van der Waals surface area contributed by atoms with E-state index in [2.05, 4.69) is 25.9 Å². The molecular weight excluding hydrogens is 114 g/mol. The van der Waals surface area contributed by atoms with Crippen LogP contribution in [0.3, 0.4) is 0 Å². The molecule has 2 nitrogen and oxygen atoms in total. The Kier molecular flexibility index (Phi) is 2.09. The van der Waals surface area contributed by atoms with Crippen LogP contribution in [0.15, 0.2) is 0 Å². The lowest BCUT2D eigenvalue weighted by Gasteiger charge is -2.02. The van der Waals surface area contributed by atoms with E-state index >= 15 is 0 Å². The standard InChI is InChI=1S/C7H15NO/c1-4-5-6-7(9-6)8(2)3/h6-7H,4-5H2,1-3H3. The highest BCUT2D eigenvalue weighted by molar-refractivity contribution is 4.81. The number of ether oxygens (including phenoxy) is 1. The first kappa shape index (κ1) is 7.03. The second kappa shape index (κ2) is 2.67. The van der Waals surface area contributed by atoms with Gasteiger partial charge in [-0.05, 0) is 20.5 Å². The van der Waals surface area contributed by atoms with Gasteiger partial charge in [0.25, 0.3) is 0 Å². The Morgan fingerprint density at radius 1 is 1.44 bits per heavy atom. The Hall–Kier alpha value is -0.0800. The molecular formula is C7H15NO.